The van der Waals surface area contributed by atoms with Crippen molar-refractivity contribution in [2.75, 3.05) is 0 Å². The third-order valence-electron chi connectivity index (χ3n) is 4.43. The molecule has 3 rings (SSSR count). The number of hydrogen-bond donors (Lipinski definition) is 2. The topological polar surface area (TPSA) is 78.5 Å². The average molecular weight is 355 g/mol. The fourth-order valence-electron chi connectivity index (χ4n) is 3.02. The van der Waals surface area contributed by atoms with Crippen molar-refractivity contribution in [2.45, 2.75) is 25.3 Å². The van der Waals surface area contributed by atoms with Crippen molar-refractivity contribution in [3.8, 4) is 0 Å². The molecule has 1 heterocycles. The summed E-state index contributed by atoms with van der Waals surface area (Å²) in [6.07, 6.45) is 0.0372. The van der Waals surface area contributed by atoms with Gasteiger partial charge in [0.05, 0.1) is 6.42 Å². The van der Waals surface area contributed by atoms with E-state index in [4.69, 9.17) is 0 Å². The van der Waals surface area contributed by atoms with Crippen LogP contribution in [0.5, 0.6) is 0 Å². The predicted octanol–water partition coefficient (Wildman–Crippen LogP) is 2.26. The Balaban J connectivity index is 1.79. The zero-order chi connectivity index (χ0) is 18.7. The molecular weight excluding hydrogens is 337 g/mol. The zero-order valence-corrected chi connectivity index (χ0v) is 14.2. The molecule has 0 radical (unpaired) electrons. The molecular formula is C19H18FN3O3. The van der Waals surface area contributed by atoms with Gasteiger partial charge < -0.3 is 5.32 Å². The molecule has 1 aliphatic rings. The Morgan fingerprint density at radius 2 is 1.77 bits per heavy atom. The second-order valence-electron chi connectivity index (χ2n) is 6.00. The van der Waals surface area contributed by atoms with Gasteiger partial charge >= 0.3 is 6.03 Å². The first kappa shape index (κ1) is 17.6. The van der Waals surface area contributed by atoms with Crippen molar-refractivity contribution < 1.29 is 18.8 Å². The van der Waals surface area contributed by atoms with E-state index in [1.807, 2.05) is 6.07 Å². The van der Waals surface area contributed by atoms with E-state index in [0.29, 0.717) is 17.0 Å². The summed E-state index contributed by atoms with van der Waals surface area (Å²) >= 11 is 0. The van der Waals surface area contributed by atoms with Crippen LogP contribution >= 0.6 is 0 Å². The summed E-state index contributed by atoms with van der Waals surface area (Å²) in [7, 11) is 0. The van der Waals surface area contributed by atoms with Gasteiger partial charge in [0.15, 0.2) is 0 Å². The first-order valence-corrected chi connectivity index (χ1v) is 8.23. The monoisotopic (exact) mass is 355 g/mol. The van der Waals surface area contributed by atoms with Crippen LogP contribution in [0.3, 0.4) is 0 Å². The highest BCUT2D eigenvalue weighted by molar-refractivity contribution is 6.08. The molecule has 4 amide bonds. The Morgan fingerprint density at radius 1 is 1.12 bits per heavy atom. The molecule has 134 valence electrons. The van der Waals surface area contributed by atoms with Gasteiger partial charge in [-0.3, -0.25) is 15.0 Å². The molecule has 26 heavy (non-hydrogen) atoms. The molecule has 1 fully saturated rings. The van der Waals surface area contributed by atoms with E-state index < -0.39 is 29.2 Å². The minimum Gasteiger partial charge on any atom is -0.318 e. The lowest BCUT2D eigenvalue weighted by molar-refractivity contribution is -0.139. The molecule has 0 aromatic heterocycles. The maximum Gasteiger partial charge on any atom is 0.344 e. The number of urea groups is 1. The van der Waals surface area contributed by atoms with Crippen LogP contribution in [0.2, 0.25) is 0 Å². The number of hydrogen-bond acceptors (Lipinski definition) is 3. The Bertz CT molecular complexity index is 856. The number of imide groups is 1. The van der Waals surface area contributed by atoms with Crippen molar-refractivity contribution in [3.05, 3.63) is 71.5 Å². The smallest absolute Gasteiger partial charge is 0.318 e. The van der Waals surface area contributed by atoms with Gasteiger partial charge in [-0.15, -0.1) is 0 Å². The number of hydrazine groups is 1. The predicted molar refractivity (Wildman–Crippen MR) is 92.0 cm³/mol. The molecule has 1 atom stereocenters. The molecule has 2 N–H and O–H groups in total. The number of nitrogens with zero attached hydrogens (tertiary/aromatic N) is 1. The number of halogens is 1. The van der Waals surface area contributed by atoms with E-state index in [-0.39, 0.29) is 12.0 Å². The largest absolute Gasteiger partial charge is 0.344 e. The highest BCUT2D eigenvalue weighted by Crippen LogP contribution is 2.31. The maximum absolute atomic E-state index is 13.7. The van der Waals surface area contributed by atoms with E-state index in [0.717, 1.165) is 0 Å². The number of nitrogens with one attached hydrogen (secondary N) is 2. The molecule has 0 spiro atoms. The Morgan fingerprint density at radius 3 is 2.42 bits per heavy atom. The standard InChI is InChI=1S/C19H18FN3O3/c1-2-19(14-9-4-3-5-10-14)17(25)23(18(26)21-19)22-16(24)12-13-8-6-7-11-15(13)20/h3-11H,2,12H2,1H3,(H,21,26)(H,22,24)/t19-/m0/s1. The lowest BCUT2D eigenvalue weighted by Gasteiger charge is -2.25. The van der Waals surface area contributed by atoms with E-state index in [1.165, 1.54) is 18.2 Å². The van der Waals surface area contributed by atoms with E-state index >= 15 is 0 Å². The van der Waals surface area contributed by atoms with Crippen molar-refractivity contribution in [1.29, 1.82) is 0 Å². The number of benzene rings is 2. The highest BCUT2D eigenvalue weighted by atomic mass is 19.1. The summed E-state index contributed by atoms with van der Waals surface area (Å²) < 4.78 is 13.7. The normalized spacial score (nSPS) is 19.4. The molecule has 1 aliphatic heterocycles. The van der Waals surface area contributed by atoms with Crippen molar-refractivity contribution in [2.24, 2.45) is 0 Å². The van der Waals surface area contributed by atoms with Gasteiger partial charge in [0.25, 0.3) is 5.91 Å². The summed E-state index contributed by atoms with van der Waals surface area (Å²) in [5, 5.41) is 3.33. The van der Waals surface area contributed by atoms with Crippen LogP contribution in [0.4, 0.5) is 9.18 Å². The minimum absolute atomic E-state index is 0.182. The summed E-state index contributed by atoms with van der Waals surface area (Å²) in [6, 6.07) is 14.0. The number of rotatable bonds is 5. The molecule has 6 nitrogen and oxygen atoms in total. The molecule has 2 aromatic rings. The number of amides is 4. The van der Waals surface area contributed by atoms with Crippen molar-refractivity contribution in [3.63, 3.8) is 0 Å². The van der Waals surface area contributed by atoms with E-state index in [2.05, 4.69) is 10.7 Å². The van der Waals surface area contributed by atoms with Crippen LogP contribution in [-0.2, 0) is 21.5 Å². The summed E-state index contributed by atoms with van der Waals surface area (Å²) in [5.74, 6) is -1.75. The molecule has 0 saturated carbocycles. The van der Waals surface area contributed by atoms with Gasteiger partial charge in [0.1, 0.15) is 11.4 Å². The second kappa shape index (κ2) is 6.95. The Kier molecular flexibility index (Phi) is 4.71. The molecule has 0 bridgehead atoms. The maximum atomic E-state index is 13.7. The zero-order valence-electron chi connectivity index (χ0n) is 14.2. The molecule has 7 heteroatoms. The van der Waals surface area contributed by atoms with Gasteiger partial charge in [-0.25, -0.2) is 9.18 Å². The quantitative estimate of drug-likeness (QED) is 0.808. The lowest BCUT2D eigenvalue weighted by Crippen LogP contribution is -2.49. The van der Waals surface area contributed by atoms with Crippen molar-refractivity contribution in [1.82, 2.24) is 15.8 Å². The second-order valence-corrected chi connectivity index (χ2v) is 6.00. The number of carbonyl (C=O) groups is 3. The Hall–Kier alpha value is -3.22. The lowest BCUT2D eigenvalue weighted by atomic mass is 9.87. The van der Waals surface area contributed by atoms with Crippen molar-refractivity contribution >= 4 is 17.8 Å². The fraction of sp³-hybridized carbons (Fsp3) is 0.211. The minimum atomic E-state index is -1.23. The number of carbonyl (C=O) groups excluding carboxylic acids is 3. The fourth-order valence-corrected chi connectivity index (χ4v) is 3.02. The summed E-state index contributed by atoms with van der Waals surface area (Å²) in [4.78, 5) is 37.4. The van der Waals surface area contributed by atoms with Gasteiger partial charge in [0.2, 0.25) is 5.91 Å². The third-order valence-corrected chi connectivity index (χ3v) is 4.43. The SMILES string of the molecule is CC[C@@]1(c2ccccc2)NC(=O)N(NC(=O)Cc2ccccc2F)C1=O. The average Bonchev–Trinajstić information content (AvgIpc) is 2.89. The van der Waals surface area contributed by atoms with E-state index in [9.17, 15) is 18.8 Å². The summed E-state index contributed by atoms with van der Waals surface area (Å²) in [5.41, 5.74) is 1.86. The van der Waals surface area contributed by atoms with Crippen LogP contribution in [0.1, 0.15) is 24.5 Å². The van der Waals surface area contributed by atoms with Gasteiger partial charge in [-0.1, -0.05) is 55.5 Å². The first-order chi connectivity index (χ1) is 12.5. The molecule has 0 aliphatic carbocycles. The van der Waals surface area contributed by atoms with Crippen LogP contribution in [0.25, 0.3) is 0 Å². The van der Waals surface area contributed by atoms with Crippen LogP contribution < -0.4 is 10.7 Å². The van der Waals surface area contributed by atoms with Crippen LogP contribution in [0.15, 0.2) is 54.6 Å². The van der Waals surface area contributed by atoms with E-state index in [1.54, 1.807) is 37.3 Å². The van der Waals surface area contributed by atoms with Gasteiger partial charge in [-0.05, 0) is 23.6 Å². The van der Waals surface area contributed by atoms with Crippen LogP contribution in [-0.4, -0.2) is 22.9 Å². The van der Waals surface area contributed by atoms with Gasteiger partial charge in [0, 0.05) is 0 Å². The molecule has 1 saturated heterocycles. The first-order valence-electron chi connectivity index (χ1n) is 8.23. The third kappa shape index (κ3) is 3.03. The van der Waals surface area contributed by atoms with Crippen LogP contribution in [0, 0.1) is 5.82 Å². The van der Waals surface area contributed by atoms with Gasteiger partial charge in [-0.2, -0.15) is 5.01 Å². The molecule has 0 unspecified atom stereocenters. The highest BCUT2D eigenvalue weighted by Gasteiger charge is 2.52. The summed E-state index contributed by atoms with van der Waals surface area (Å²) in [6.45, 7) is 1.77. The molecule has 2 aromatic carbocycles. The Labute approximate surface area is 150 Å².